The number of rotatable bonds is 6. The lowest BCUT2D eigenvalue weighted by Crippen LogP contribution is -2.00. The van der Waals surface area contributed by atoms with Gasteiger partial charge in [-0.2, -0.15) is 0 Å². The Hall–Kier alpha value is -2.75. The van der Waals surface area contributed by atoms with Crippen molar-refractivity contribution in [3.63, 3.8) is 0 Å². The first-order chi connectivity index (χ1) is 10.6. The SMILES string of the molecule is CCOc1ccc(/C=C/C(=O)c2ccc(N)cc2OC)cc1. The molecule has 2 N–H and O–H groups in total. The first kappa shape index (κ1) is 15.6. The largest absolute Gasteiger partial charge is 0.496 e. The van der Waals surface area contributed by atoms with Crippen molar-refractivity contribution in [2.75, 3.05) is 19.5 Å². The van der Waals surface area contributed by atoms with Gasteiger partial charge < -0.3 is 15.2 Å². The Kier molecular flexibility index (Phi) is 5.20. The third kappa shape index (κ3) is 3.88. The second-order valence-electron chi connectivity index (χ2n) is 4.66. The molecule has 0 aliphatic heterocycles. The molecule has 0 aliphatic carbocycles. The maximum absolute atomic E-state index is 12.2. The molecule has 0 unspecified atom stereocenters. The van der Waals surface area contributed by atoms with E-state index in [1.165, 1.54) is 13.2 Å². The van der Waals surface area contributed by atoms with E-state index in [1.807, 2.05) is 31.2 Å². The first-order valence-corrected chi connectivity index (χ1v) is 7.03. The highest BCUT2D eigenvalue weighted by atomic mass is 16.5. The van der Waals surface area contributed by atoms with E-state index in [-0.39, 0.29) is 5.78 Å². The van der Waals surface area contributed by atoms with Gasteiger partial charge in [0.25, 0.3) is 0 Å². The summed E-state index contributed by atoms with van der Waals surface area (Å²) in [6.45, 7) is 2.57. The van der Waals surface area contributed by atoms with Crippen LogP contribution in [0.5, 0.6) is 11.5 Å². The summed E-state index contributed by atoms with van der Waals surface area (Å²) in [7, 11) is 1.52. The van der Waals surface area contributed by atoms with Crippen LogP contribution in [-0.4, -0.2) is 19.5 Å². The number of ketones is 1. The van der Waals surface area contributed by atoms with Crippen LogP contribution in [0.1, 0.15) is 22.8 Å². The molecule has 4 heteroatoms. The Balaban J connectivity index is 2.14. The molecule has 2 rings (SSSR count). The van der Waals surface area contributed by atoms with Crippen molar-refractivity contribution in [1.82, 2.24) is 0 Å². The standard InChI is InChI=1S/C18H19NO3/c1-3-22-15-8-4-13(5-9-15)6-11-17(20)16-10-7-14(19)12-18(16)21-2/h4-12H,3,19H2,1-2H3/b11-6+. The van der Waals surface area contributed by atoms with Crippen LogP contribution in [0, 0.1) is 0 Å². The number of nitrogens with two attached hydrogens (primary N) is 1. The van der Waals surface area contributed by atoms with Crippen molar-refractivity contribution in [3.8, 4) is 11.5 Å². The summed E-state index contributed by atoms with van der Waals surface area (Å²) in [5.74, 6) is 1.15. The van der Waals surface area contributed by atoms with Crippen LogP contribution in [0.3, 0.4) is 0 Å². The van der Waals surface area contributed by atoms with Gasteiger partial charge in [-0.15, -0.1) is 0 Å². The van der Waals surface area contributed by atoms with Crippen LogP contribution >= 0.6 is 0 Å². The minimum atomic E-state index is -0.134. The summed E-state index contributed by atoms with van der Waals surface area (Å²) in [5, 5.41) is 0. The number of ether oxygens (including phenoxy) is 2. The lowest BCUT2D eigenvalue weighted by molar-refractivity contribution is 0.104. The van der Waals surface area contributed by atoms with Gasteiger partial charge in [0.05, 0.1) is 19.3 Å². The zero-order valence-corrected chi connectivity index (χ0v) is 12.7. The number of hydrogen-bond donors (Lipinski definition) is 1. The van der Waals surface area contributed by atoms with E-state index >= 15 is 0 Å². The highest BCUT2D eigenvalue weighted by molar-refractivity contribution is 6.08. The topological polar surface area (TPSA) is 61.5 Å². The number of methoxy groups -OCH3 is 1. The molecule has 4 nitrogen and oxygen atoms in total. The van der Waals surface area contributed by atoms with E-state index in [2.05, 4.69) is 0 Å². The molecule has 2 aromatic rings. The van der Waals surface area contributed by atoms with Gasteiger partial charge in [-0.05, 0) is 42.8 Å². The molecule has 0 radical (unpaired) electrons. The summed E-state index contributed by atoms with van der Waals surface area (Å²) >= 11 is 0. The lowest BCUT2D eigenvalue weighted by atomic mass is 10.1. The number of carbonyl (C=O) groups excluding carboxylic acids is 1. The van der Waals surface area contributed by atoms with Crippen molar-refractivity contribution in [3.05, 3.63) is 59.7 Å². The van der Waals surface area contributed by atoms with Crippen LogP contribution in [0.15, 0.2) is 48.5 Å². The summed E-state index contributed by atoms with van der Waals surface area (Å²) in [6.07, 6.45) is 3.28. The van der Waals surface area contributed by atoms with E-state index in [1.54, 1.807) is 24.3 Å². The molecule has 0 spiro atoms. The second kappa shape index (κ2) is 7.31. The van der Waals surface area contributed by atoms with Crippen molar-refractivity contribution in [2.24, 2.45) is 0 Å². The van der Waals surface area contributed by atoms with Crippen molar-refractivity contribution >= 4 is 17.5 Å². The van der Waals surface area contributed by atoms with Crippen molar-refractivity contribution < 1.29 is 14.3 Å². The van der Waals surface area contributed by atoms with E-state index in [0.717, 1.165) is 11.3 Å². The van der Waals surface area contributed by atoms with E-state index in [0.29, 0.717) is 23.6 Å². The van der Waals surface area contributed by atoms with Gasteiger partial charge in [-0.3, -0.25) is 4.79 Å². The monoisotopic (exact) mass is 297 g/mol. The fourth-order valence-electron chi connectivity index (χ4n) is 2.01. The minimum Gasteiger partial charge on any atom is -0.496 e. The quantitative estimate of drug-likeness (QED) is 0.503. The molecule has 0 aliphatic rings. The summed E-state index contributed by atoms with van der Waals surface area (Å²) in [5.41, 5.74) is 7.65. The molecule has 2 aromatic carbocycles. The number of anilines is 1. The van der Waals surface area contributed by atoms with E-state index < -0.39 is 0 Å². The van der Waals surface area contributed by atoms with Gasteiger partial charge in [0.1, 0.15) is 11.5 Å². The number of carbonyl (C=O) groups is 1. The lowest BCUT2D eigenvalue weighted by Gasteiger charge is -2.06. The van der Waals surface area contributed by atoms with Gasteiger partial charge in [-0.25, -0.2) is 0 Å². The molecule has 0 fully saturated rings. The van der Waals surface area contributed by atoms with Crippen molar-refractivity contribution in [2.45, 2.75) is 6.92 Å². The molecule has 0 saturated heterocycles. The summed E-state index contributed by atoms with van der Waals surface area (Å²) < 4.78 is 10.6. The fourth-order valence-corrected chi connectivity index (χ4v) is 2.01. The highest BCUT2D eigenvalue weighted by Gasteiger charge is 2.09. The Morgan fingerprint density at radius 1 is 1.18 bits per heavy atom. The first-order valence-electron chi connectivity index (χ1n) is 7.03. The molecule has 0 bridgehead atoms. The van der Waals surface area contributed by atoms with E-state index in [9.17, 15) is 4.79 Å². The molecule has 114 valence electrons. The maximum Gasteiger partial charge on any atom is 0.189 e. The van der Waals surface area contributed by atoms with Gasteiger partial charge in [0, 0.05) is 11.8 Å². The van der Waals surface area contributed by atoms with Crippen molar-refractivity contribution in [1.29, 1.82) is 0 Å². The third-order valence-electron chi connectivity index (χ3n) is 3.11. The molecule has 22 heavy (non-hydrogen) atoms. The molecule has 0 aromatic heterocycles. The predicted molar refractivity (Wildman–Crippen MR) is 88.4 cm³/mol. The smallest absolute Gasteiger partial charge is 0.189 e. The molecular formula is C18H19NO3. The Morgan fingerprint density at radius 2 is 1.91 bits per heavy atom. The Morgan fingerprint density at radius 3 is 2.55 bits per heavy atom. The van der Waals surface area contributed by atoms with Crippen LogP contribution in [-0.2, 0) is 0 Å². The maximum atomic E-state index is 12.2. The van der Waals surface area contributed by atoms with Gasteiger partial charge in [-0.1, -0.05) is 18.2 Å². The molecule has 0 amide bonds. The number of benzene rings is 2. The fraction of sp³-hybridized carbons (Fsp3) is 0.167. The second-order valence-corrected chi connectivity index (χ2v) is 4.66. The average molecular weight is 297 g/mol. The van der Waals surface area contributed by atoms with Gasteiger partial charge in [0.15, 0.2) is 5.78 Å². The molecule has 0 heterocycles. The Bertz CT molecular complexity index is 675. The zero-order valence-electron chi connectivity index (χ0n) is 12.7. The van der Waals surface area contributed by atoms with Crippen LogP contribution in [0.2, 0.25) is 0 Å². The van der Waals surface area contributed by atoms with Crippen LogP contribution in [0.4, 0.5) is 5.69 Å². The van der Waals surface area contributed by atoms with Gasteiger partial charge in [0.2, 0.25) is 0 Å². The molecule has 0 atom stereocenters. The van der Waals surface area contributed by atoms with Crippen LogP contribution in [0.25, 0.3) is 6.08 Å². The zero-order chi connectivity index (χ0) is 15.9. The van der Waals surface area contributed by atoms with Gasteiger partial charge >= 0.3 is 0 Å². The normalized spacial score (nSPS) is 10.6. The molecule has 0 saturated carbocycles. The summed E-state index contributed by atoms with van der Waals surface area (Å²) in [4.78, 5) is 12.2. The highest BCUT2D eigenvalue weighted by Crippen LogP contribution is 2.22. The number of hydrogen-bond acceptors (Lipinski definition) is 4. The Labute approximate surface area is 130 Å². The third-order valence-corrected chi connectivity index (χ3v) is 3.11. The number of nitrogen functional groups attached to an aromatic ring is 1. The molecular weight excluding hydrogens is 278 g/mol. The predicted octanol–water partition coefficient (Wildman–Crippen LogP) is 3.57. The summed E-state index contributed by atoms with van der Waals surface area (Å²) in [6, 6.07) is 12.5. The average Bonchev–Trinajstić information content (AvgIpc) is 2.54. The van der Waals surface area contributed by atoms with Crippen LogP contribution < -0.4 is 15.2 Å². The number of allylic oxidation sites excluding steroid dienone is 1. The van der Waals surface area contributed by atoms with E-state index in [4.69, 9.17) is 15.2 Å². The minimum absolute atomic E-state index is 0.134.